The first-order chi connectivity index (χ1) is 10.2. The van der Waals surface area contributed by atoms with E-state index in [1.807, 2.05) is 6.07 Å². The molecule has 1 heterocycles. The molecule has 0 bridgehead atoms. The van der Waals surface area contributed by atoms with Gasteiger partial charge in [-0.2, -0.15) is 0 Å². The first-order valence-corrected chi connectivity index (χ1v) is 8.16. The maximum Gasteiger partial charge on any atom is 0.0941 e. The molecule has 3 heteroatoms. The topological polar surface area (TPSA) is 38.9 Å². The summed E-state index contributed by atoms with van der Waals surface area (Å²) in [6.45, 7) is 2.81. The molecule has 0 radical (unpaired) electrons. The van der Waals surface area contributed by atoms with Crippen LogP contribution in [0.2, 0.25) is 0 Å². The van der Waals surface area contributed by atoms with Crippen molar-refractivity contribution in [2.45, 2.75) is 19.8 Å². The Morgan fingerprint density at radius 2 is 1.81 bits per heavy atom. The van der Waals surface area contributed by atoms with Gasteiger partial charge in [0.05, 0.1) is 15.2 Å². The maximum atomic E-state index is 5.97. The smallest absolute Gasteiger partial charge is 0.0941 e. The molecule has 21 heavy (non-hydrogen) atoms. The highest BCUT2D eigenvalue weighted by atomic mass is 32.1. The molecule has 0 saturated carbocycles. The van der Waals surface area contributed by atoms with Gasteiger partial charge in [0.1, 0.15) is 0 Å². The summed E-state index contributed by atoms with van der Waals surface area (Å²) in [4.78, 5) is 4.72. The van der Waals surface area contributed by atoms with Crippen LogP contribution in [-0.2, 0) is 12.8 Å². The number of para-hydroxylation sites is 1. The van der Waals surface area contributed by atoms with Crippen molar-refractivity contribution in [3.05, 3.63) is 64.7 Å². The lowest BCUT2D eigenvalue weighted by atomic mass is 9.96. The van der Waals surface area contributed by atoms with Crippen molar-refractivity contribution >= 4 is 21.6 Å². The van der Waals surface area contributed by atoms with Gasteiger partial charge in [-0.25, -0.2) is 4.98 Å². The van der Waals surface area contributed by atoms with Gasteiger partial charge in [0, 0.05) is 6.42 Å². The quantitative estimate of drug-likeness (QED) is 0.774. The summed E-state index contributed by atoms with van der Waals surface area (Å²) >= 11 is 1.79. The number of hydrogen-bond donors (Lipinski definition) is 1. The Bertz CT molecular complexity index is 682. The third-order valence-corrected chi connectivity index (χ3v) is 4.84. The van der Waals surface area contributed by atoms with Gasteiger partial charge in [0.25, 0.3) is 0 Å². The fourth-order valence-corrected chi connectivity index (χ4v) is 3.63. The van der Waals surface area contributed by atoms with Gasteiger partial charge in [-0.1, -0.05) is 42.0 Å². The number of benzene rings is 2. The summed E-state index contributed by atoms with van der Waals surface area (Å²) in [5.74, 6) is 0.452. The average molecular weight is 296 g/mol. The van der Waals surface area contributed by atoms with Crippen LogP contribution in [0.1, 0.15) is 16.1 Å². The molecule has 2 nitrogen and oxygen atoms in total. The number of fused-ring (bicyclic) bond motifs is 1. The normalized spacial score (nSPS) is 12.7. The van der Waals surface area contributed by atoms with Crippen LogP contribution >= 0.6 is 11.3 Å². The van der Waals surface area contributed by atoms with E-state index < -0.39 is 0 Å². The van der Waals surface area contributed by atoms with E-state index in [1.165, 1.54) is 20.8 Å². The lowest BCUT2D eigenvalue weighted by Gasteiger charge is -2.13. The molecule has 0 aliphatic carbocycles. The van der Waals surface area contributed by atoms with Crippen molar-refractivity contribution in [2.24, 2.45) is 11.7 Å². The fourth-order valence-electron chi connectivity index (χ4n) is 2.55. The van der Waals surface area contributed by atoms with Gasteiger partial charge in [-0.05, 0) is 43.5 Å². The highest BCUT2D eigenvalue weighted by Gasteiger charge is 2.12. The minimum absolute atomic E-state index is 0.452. The summed E-state index contributed by atoms with van der Waals surface area (Å²) in [5, 5.41) is 1.19. The minimum Gasteiger partial charge on any atom is -0.330 e. The molecule has 1 unspecified atom stereocenters. The predicted molar refractivity (Wildman–Crippen MR) is 90.8 cm³/mol. The van der Waals surface area contributed by atoms with Crippen LogP contribution in [0.3, 0.4) is 0 Å². The molecule has 0 aliphatic heterocycles. The molecule has 0 aliphatic rings. The van der Waals surface area contributed by atoms with Gasteiger partial charge in [-0.15, -0.1) is 11.3 Å². The van der Waals surface area contributed by atoms with Crippen molar-refractivity contribution < 1.29 is 0 Å². The molecule has 3 rings (SSSR count). The standard InChI is InChI=1S/C18H20N2S/c1-13-6-8-14(9-7-13)10-15(12-19)11-18-20-16-4-2-3-5-17(16)21-18/h2-9,15H,10-12,19H2,1H3. The van der Waals surface area contributed by atoms with Crippen LogP contribution in [0.25, 0.3) is 10.2 Å². The van der Waals surface area contributed by atoms with Gasteiger partial charge in [0.15, 0.2) is 0 Å². The summed E-state index contributed by atoms with van der Waals surface area (Å²) in [5.41, 5.74) is 9.73. The molecule has 0 spiro atoms. The van der Waals surface area contributed by atoms with Crippen molar-refractivity contribution in [1.29, 1.82) is 0 Å². The highest BCUT2D eigenvalue weighted by molar-refractivity contribution is 7.18. The van der Waals surface area contributed by atoms with Crippen molar-refractivity contribution in [2.75, 3.05) is 6.54 Å². The average Bonchev–Trinajstić information content (AvgIpc) is 2.91. The second-order valence-electron chi connectivity index (χ2n) is 5.57. The number of nitrogens with two attached hydrogens (primary N) is 1. The van der Waals surface area contributed by atoms with Crippen LogP contribution in [0.15, 0.2) is 48.5 Å². The minimum atomic E-state index is 0.452. The number of aromatic nitrogens is 1. The Balaban J connectivity index is 1.73. The zero-order valence-electron chi connectivity index (χ0n) is 12.3. The molecule has 3 aromatic rings. The van der Waals surface area contributed by atoms with Gasteiger partial charge in [0.2, 0.25) is 0 Å². The third-order valence-electron chi connectivity index (χ3n) is 3.78. The monoisotopic (exact) mass is 296 g/mol. The lowest BCUT2D eigenvalue weighted by Crippen LogP contribution is -2.19. The van der Waals surface area contributed by atoms with E-state index >= 15 is 0 Å². The summed E-state index contributed by atoms with van der Waals surface area (Å²) in [6, 6.07) is 17.1. The first-order valence-electron chi connectivity index (χ1n) is 7.34. The Kier molecular flexibility index (Phi) is 4.32. The highest BCUT2D eigenvalue weighted by Crippen LogP contribution is 2.24. The first kappa shape index (κ1) is 14.2. The van der Waals surface area contributed by atoms with E-state index in [4.69, 9.17) is 10.7 Å². The van der Waals surface area contributed by atoms with E-state index in [-0.39, 0.29) is 0 Å². The number of rotatable bonds is 5. The molecule has 1 atom stereocenters. The Labute approximate surface area is 129 Å². The van der Waals surface area contributed by atoms with Gasteiger partial charge < -0.3 is 5.73 Å². The second kappa shape index (κ2) is 6.37. The molecule has 2 aromatic carbocycles. The summed E-state index contributed by atoms with van der Waals surface area (Å²) < 4.78 is 1.26. The molecule has 2 N–H and O–H groups in total. The van der Waals surface area contributed by atoms with Gasteiger partial charge >= 0.3 is 0 Å². The van der Waals surface area contributed by atoms with E-state index in [9.17, 15) is 0 Å². The van der Waals surface area contributed by atoms with Crippen LogP contribution in [-0.4, -0.2) is 11.5 Å². The number of thiazole rings is 1. The molecular weight excluding hydrogens is 276 g/mol. The Morgan fingerprint density at radius 3 is 2.52 bits per heavy atom. The van der Waals surface area contributed by atoms with E-state index in [0.717, 1.165) is 18.4 Å². The molecular formula is C18H20N2S. The second-order valence-corrected chi connectivity index (χ2v) is 6.69. The molecule has 1 aromatic heterocycles. The summed E-state index contributed by atoms with van der Waals surface area (Å²) in [7, 11) is 0. The molecule has 0 fully saturated rings. The maximum absolute atomic E-state index is 5.97. The lowest BCUT2D eigenvalue weighted by molar-refractivity contribution is 0.532. The Morgan fingerprint density at radius 1 is 1.05 bits per heavy atom. The van der Waals surface area contributed by atoms with Crippen LogP contribution in [0.4, 0.5) is 0 Å². The van der Waals surface area contributed by atoms with Crippen molar-refractivity contribution in [1.82, 2.24) is 4.98 Å². The molecule has 0 amide bonds. The van der Waals surface area contributed by atoms with Crippen molar-refractivity contribution in [3.63, 3.8) is 0 Å². The van der Waals surface area contributed by atoms with E-state index in [2.05, 4.69) is 49.4 Å². The number of nitrogens with zero attached hydrogens (tertiary/aromatic N) is 1. The predicted octanol–water partition coefficient (Wildman–Crippen LogP) is 3.96. The van der Waals surface area contributed by atoms with Gasteiger partial charge in [-0.3, -0.25) is 0 Å². The van der Waals surface area contributed by atoms with E-state index in [0.29, 0.717) is 12.5 Å². The van der Waals surface area contributed by atoms with Crippen LogP contribution in [0.5, 0.6) is 0 Å². The zero-order chi connectivity index (χ0) is 14.7. The van der Waals surface area contributed by atoms with Crippen LogP contribution < -0.4 is 5.73 Å². The molecule has 0 saturated heterocycles. The molecule has 108 valence electrons. The zero-order valence-corrected chi connectivity index (χ0v) is 13.1. The van der Waals surface area contributed by atoms with E-state index in [1.54, 1.807) is 11.3 Å². The fraction of sp³-hybridized carbons (Fsp3) is 0.278. The number of hydrogen-bond acceptors (Lipinski definition) is 3. The third kappa shape index (κ3) is 3.49. The summed E-state index contributed by atoms with van der Waals surface area (Å²) in [6.07, 6.45) is 1.98. The van der Waals surface area contributed by atoms with Crippen molar-refractivity contribution in [3.8, 4) is 0 Å². The number of aryl methyl sites for hydroxylation is 1. The SMILES string of the molecule is Cc1ccc(CC(CN)Cc2nc3ccccc3s2)cc1. The largest absolute Gasteiger partial charge is 0.330 e. The van der Waals surface area contributed by atoms with Crippen LogP contribution in [0, 0.1) is 12.8 Å². The Hall–Kier alpha value is -1.71.